The van der Waals surface area contributed by atoms with Gasteiger partial charge in [0.1, 0.15) is 0 Å². The standard InChI is InChI=1S/C20H18O6/c1-7-5-12-16(20(24)26-18(12)22)15-9(7)3-4-10-13(15)8(2)6-11-14(10)19(23)25-17(11)21/h3-4,10-12,14-16H,5-6H2,1-2H3. The minimum atomic E-state index is -0.539. The van der Waals surface area contributed by atoms with Gasteiger partial charge in [-0.15, -0.1) is 0 Å². The van der Waals surface area contributed by atoms with E-state index in [4.69, 9.17) is 9.47 Å². The van der Waals surface area contributed by atoms with Gasteiger partial charge in [-0.05, 0) is 32.3 Å². The molecular weight excluding hydrogens is 336 g/mol. The first-order chi connectivity index (χ1) is 12.4. The molecule has 0 bridgehead atoms. The monoisotopic (exact) mass is 354 g/mol. The van der Waals surface area contributed by atoms with Crippen molar-refractivity contribution in [2.75, 3.05) is 0 Å². The highest BCUT2D eigenvalue weighted by Crippen LogP contribution is 2.56. The third kappa shape index (κ3) is 1.82. The zero-order chi connectivity index (χ0) is 18.3. The quantitative estimate of drug-likeness (QED) is 0.375. The van der Waals surface area contributed by atoms with Gasteiger partial charge in [0.25, 0.3) is 0 Å². The van der Waals surface area contributed by atoms with E-state index in [-0.39, 0.29) is 11.8 Å². The first-order valence-electron chi connectivity index (χ1n) is 8.97. The number of hydrogen-bond acceptors (Lipinski definition) is 6. The van der Waals surface area contributed by atoms with Crippen molar-refractivity contribution in [3.63, 3.8) is 0 Å². The minimum absolute atomic E-state index is 0.257. The van der Waals surface area contributed by atoms with Crippen LogP contribution in [-0.4, -0.2) is 23.9 Å². The largest absolute Gasteiger partial charge is 0.393 e. The van der Waals surface area contributed by atoms with Crippen molar-refractivity contribution in [2.45, 2.75) is 26.7 Å². The van der Waals surface area contributed by atoms with Crippen LogP contribution in [-0.2, 0) is 28.7 Å². The van der Waals surface area contributed by atoms with E-state index in [2.05, 4.69) is 0 Å². The van der Waals surface area contributed by atoms with Crippen LogP contribution in [0.5, 0.6) is 0 Å². The molecule has 5 aliphatic rings. The molecule has 6 heteroatoms. The Morgan fingerprint density at radius 3 is 2.08 bits per heavy atom. The third-order valence-electron chi connectivity index (χ3n) is 6.72. The third-order valence-corrected chi connectivity index (χ3v) is 6.72. The smallest absolute Gasteiger partial charge is 0.318 e. The van der Waals surface area contributed by atoms with Crippen molar-refractivity contribution < 1.29 is 28.7 Å². The van der Waals surface area contributed by atoms with E-state index in [0.29, 0.717) is 12.8 Å². The molecule has 2 fully saturated rings. The number of hydrogen-bond donors (Lipinski definition) is 0. The number of carbonyl (C=O) groups excluding carboxylic acids is 4. The lowest BCUT2D eigenvalue weighted by Crippen LogP contribution is -2.42. The van der Waals surface area contributed by atoms with Crippen molar-refractivity contribution in [1.82, 2.24) is 0 Å². The van der Waals surface area contributed by atoms with Gasteiger partial charge in [0.2, 0.25) is 0 Å². The van der Waals surface area contributed by atoms with Crippen LogP contribution in [0.15, 0.2) is 34.4 Å². The van der Waals surface area contributed by atoms with E-state index in [1.165, 1.54) is 0 Å². The summed E-state index contributed by atoms with van der Waals surface area (Å²) in [5, 5.41) is 0. The average Bonchev–Trinajstić information content (AvgIpc) is 3.03. The van der Waals surface area contributed by atoms with Crippen LogP contribution in [0.25, 0.3) is 0 Å². The van der Waals surface area contributed by atoms with E-state index in [0.717, 1.165) is 22.3 Å². The Balaban J connectivity index is 1.69. The van der Waals surface area contributed by atoms with Crippen molar-refractivity contribution in [3.8, 4) is 0 Å². The fourth-order valence-corrected chi connectivity index (χ4v) is 5.64. The normalized spacial score (nSPS) is 40.8. The number of allylic oxidation sites excluding steroid dienone is 6. The van der Waals surface area contributed by atoms with Gasteiger partial charge in [-0.3, -0.25) is 19.2 Å². The summed E-state index contributed by atoms with van der Waals surface area (Å²) in [4.78, 5) is 48.9. The molecule has 5 rings (SSSR count). The Hall–Kier alpha value is -2.50. The average molecular weight is 354 g/mol. The topological polar surface area (TPSA) is 86.7 Å². The maximum absolute atomic E-state index is 12.4. The molecule has 6 atom stereocenters. The van der Waals surface area contributed by atoms with E-state index in [9.17, 15) is 19.2 Å². The summed E-state index contributed by atoms with van der Waals surface area (Å²) in [5.41, 5.74) is 4.12. The van der Waals surface area contributed by atoms with E-state index in [1.54, 1.807) is 0 Å². The first-order valence-corrected chi connectivity index (χ1v) is 8.97. The fraction of sp³-hybridized carbons (Fsp3) is 0.500. The summed E-state index contributed by atoms with van der Waals surface area (Å²) in [6, 6.07) is 0. The van der Waals surface area contributed by atoms with Crippen LogP contribution in [0.2, 0.25) is 0 Å². The van der Waals surface area contributed by atoms with Crippen LogP contribution < -0.4 is 0 Å². The van der Waals surface area contributed by atoms with Crippen molar-refractivity contribution in [1.29, 1.82) is 0 Å². The van der Waals surface area contributed by atoms with Crippen molar-refractivity contribution in [3.05, 3.63) is 34.4 Å². The molecule has 0 radical (unpaired) electrons. The first kappa shape index (κ1) is 15.7. The molecular formula is C20H18O6. The Kier molecular flexibility index (Phi) is 3.04. The van der Waals surface area contributed by atoms with Gasteiger partial charge in [-0.2, -0.15) is 0 Å². The van der Waals surface area contributed by atoms with Gasteiger partial charge in [-0.25, -0.2) is 0 Å². The number of carbonyl (C=O) groups is 4. The van der Waals surface area contributed by atoms with Gasteiger partial charge >= 0.3 is 23.9 Å². The predicted octanol–water partition coefficient (Wildman–Crippen LogP) is 1.86. The summed E-state index contributed by atoms with van der Waals surface area (Å²) in [6.45, 7) is 3.93. The Morgan fingerprint density at radius 2 is 1.38 bits per heavy atom. The number of rotatable bonds is 0. The molecule has 0 amide bonds. The van der Waals surface area contributed by atoms with E-state index >= 15 is 0 Å². The minimum Gasteiger partial charge on any atom is -0.393 e. The second kappa shape index (κ2) is 5.02. The number of fused-ring (bicyclic) bond motifs is 7. The Labute approximate surface area is 149 Å². The summed E-state index contributed by atoms with van der Waals surface area (Å²) in [6.07, 6.45) is 4.91. The van der Waals surface area contributed by atoms with E-state index < -0.39 is 47.5 Å². The maximum atomic E-state index is 12.4. The van der Waals surface area contributed by atoms with Gasteiger partial charge in [-0.1, -0.05) is 28.9 Å². The number of cyclic esters (lactones) is 4. The summed E-state index contributed by atoms with van der Waals surface area (Å²) in [5.74, 6) is -4.38. The highest BCUT2D eigenvalue weighted by molar-refractivity contribution is 5.99. The molecule has 2 saturated heterocycles. The van der Waals surface area contributed by atoms with Gasteiger partial charge in [0.15, 0.2) is 0 Å². The Bertz CT molecular complexity index is 888. The molecule has 134 valence electrons. The highest BCUT2D eigenvalue weighted by atomic mass is 16.6. The van der Waals surface area contributed by atoms with Crippen LogP contribution >= 0.6 is 0 Å². The molecule has 6 unspecified atom stereocenters. The second-order valence-electron chi connectivity index (χ2n) is 7.99. The van der Waals surface area contributed by atoms with Crippen LogP contribution in [0, 0.1) is 35.5 Å². The molecule has 2 aliphatic heterocycles. The molecule has 3 aliphatic carbocycles. The number of esters is 4. The summed E-state index contributed by atoms with van der Waals surface area (Å²) in [7, 11) is 0. The molecule has 2 heterocycles. The van der Waals surface area contributed by atoms with Crippen LogP contribution in [0.4, 0.5) is 0 Å². The predicted molar refractivity (Wildman–Crippen MR) is 86.9 cm³/mol. The molecule has 0 spiro atoms. The molecule has 26 heavy (non-hydrogen) atoms. The molecule has 6 nitrogen and oxygen atoms in total. The van der Waals surface area contributed by atoms with Crippen molar-refractivity contribution >= 4 is 23.9 Å². The lowest BCUT2D eigenvalue weighted by molar-refractivity contribution is -0.155. The molecule has 0 N–H and O–H groups in total. The lowest BCUT2D eigenvalue weighted by atomic mass is 9.57. The van der Waals surface area contributed by atoms with Gasteiger partial charge in [0.05, 0.1) is 23.7 Å². The molecule has 0 aromatic rings. The Morgan fingerprint density at radius 1 is 0.808 bits per heavy atom. The van der Waals surface area contributed by atoms with Crippen molar-refractivity contribution in [2.24, 2.45) is 35.5 Å². The molecule has 0 aromatic heterocycles. The molecule has 0 saturated carbocycles. The molecule has 0 aromatic carbocycles. The lowest BCUT2D eigenvalue weighted by Gasteiger charge is -2.43. The summed E-state index contributed by atoms with van der Waals surface area (Å²) < 4.78 is 9.84. The van der Waals surface area contributed by atoms with Gasteiger partial charge < -0.3 is 9.47 Å². The van der Waals surface area contributed by atoms with Gasteiger partial charge in [0, 0.05) is 11.8 Å². The zero-order valence-corrected chi connectivity index (χ0v) is 14.5. The second-order valence-corrected chi connectivity index (χ2v) is 7.99. The zero-order valence-electron chi connectivity index (χ0n) is 14.5. The fourth-order valence-electron chi connectivity index (χ4n) is 5.64. The highest BCUT2D eigenvalue weighted by Gasteiger charge is 2.58. The summed E-state index contributed by atoms with van der Waals surface area (Å²) >= 11 is 0. The number of ether oxygens (including phenoxy) is 2. The SMILES string of the molecule is CC1=C2C=CC3C(=C(C)CC4C(=O)OC(=O)C34)C2C2C(=O)OC(=O)C2C1. The van der Waals surface area contributed by atoms with E-state index in [1.807, 2.05) is 26.0 Å². The van der Waals surface area contributed by atoms with Crippen LogP contribution in [0.3, 0.4) is 0 Å². The van der Waals surface area contributed by atoms with Crippen LogP contribution in [0.1, 0.15) is 26.7 Å². The maximum Gasteiger partial charge on any atom is 0.318 e.